The van der Waals surface area contributed by atoms with Gasteiger partial charge in [-0.15, -0.1) is 0 Å². The maximum Gasteiger partial charge on any atom is 0.258 e. The number of amides is 1. The number of aromatic nitrogens is 4. The average molecular weight is 352 g/mol. The minimum atomic E-state index is -0.399. The van der Waals surface area contributed by atoms with Crippen LogP contribution in [0.4, 0.5) is 11.8 Å². The molecule has 0 fully saturated rings. The van der Waals surface area contributed by atoms with E-state index in [0.717, 1.165) is 0 Å². The molecule has 0 saturated carbocycles. The summed E-state index contributed by atoms with van der Waals surface area (Å²) in [4.78, 5) is 28.5. The zero-order valence-electron chi connectivity index (χ0n) is 14.1. The van der Waals surface area contributed by atoms with Crippen LogP contribution < -0.4 is 20.5 Å². The van der Waals surface area contributed by atoms with E-state index >= 15 is 0 Å². The molecule has 3 rings (SSSR count). The van der Waals surface area contributed by atoms with Gasteiger partial charge in [0.25, 0.3) is 5.91 Å². The van der Waals surface area contributed by atoms with E-state index < -0.39 is 5.91 Å². The van der Waals surface area contributed by atoms with Crippen LogP contribution in [0.1, 0.15) is 10.4 Å². The lowest BCUT2D eigenvalue weighted by Crippen LogP contribution is -2.15. The van der Waals surface area contributed by atoms with Crippen LogP contribution in [0.25, 0.3) is 11.4 Å². The van der Waals surface area contributed by atoms with E-state index in [4.69, 9.17) is 15.2 Å². The van der Waals surface area contributed by atoms with Gasteiger partial charge in [0.1, 0.15) is 12.1 Å². The number of nitrogen functional groups attached to an aromatic ring is 1. The van der Waals surface area contributed by atoms with E-state index in [0.29, 0.717) is 28.5 Å². The molecule has 3 aromatic rings. The van der Waals surface area contributed by atoms with Gasteiger partial charge in [-0.25, -0.2) is 15.0 Å². The highest BCUT2D eigenvalue weighted by Crippen LogP contribution is 2.31. The van der Waals surface area contributed by atoms with Crippen molar-refractivity contribution in [2.75, 3.05) is 25.3 Å². The van der Waals surface area contributed by atoms with Crippen LogP contribution in [-0.4, -0.2) is 40.1 Å². The maximum absolute atomic E-state index is 12.3. The summed E-state index contributed by atoms with van der Waals surface area (Å²) < 4.78 is 10.5. The molecule has 9 nitrogen and oxygen atoms in total. The van der Waals surface area contributed by atoms with E-state index in [1.54, 1.807) is 38.5 Å². The fourth-order valence-corrected chi connectivity index (χ4v) is 2.23. The summed E-state index contributed by atoms with van der Waals surface area (Å²) in [6.45, 7) is 0. The van der Waals surface area contributed by atoms with Crippen LogP contribution in [-0.2, 0) is 0 Å². The number of carbonyl (C=O) groups excluding carboxylic acids is 1. The monoisotopic (exact) mass is 352 g/mol. The molecule has 26 heavy (non-hydrogen) atoms. The topological polar surface area (TPSA) is 125 Å². The van der Waals surface area contributed by atoms with Gasteiger partial charge in [0, 0.05) is 17.3 Å². The zero-order valence-corrected chi connectivity index (χ0v) is 14.1. The molecule has 0 aliphatic carbocycles. The highest BCUT2D eigenvalue weighted by atomic mass is 16.5. The SMILES string of the molecule is COc1ccc(-c2ncnc(NC(=O)c3ccnc(N)c3)n2)cc1OC. The average Bonchev–Trinajstić information content (AvgIpc) is 2.67. The normalized spacial score (nSPS) is 10.2. The summed E-state index contributed by atoms with van der Waals surface area (Å²) in [6.07, 6.45) is 2.77. The molecule has 0 unspecified atom stereocenters. The summed E-state index contributed by atoms with van der Waals surface area (Å²) in [7, 11) is 3.10. The lowest BCUT2D eigenvalue weighted by atomic mass is 10.2. The molecule has 1 amide bonds. The molecule has 0 radical (unpaired) electrons. The van der Waals surface area contributed by atoms with Gasteiger partial charge in [-0.2, -0.15) is 4.98 Å². The minimum Gasteiger partial charge on any atom is -0.493 e. The Morgan fingerprint density at radius 2 is 1.85 bits per heavy atom. The van der Waals surface area contributed by atoms with Gasteiger partial charge in [0.2, 0.25) is 5.95 Å². The third-order valence-electron chi connectivity index (χ3n) is 3.48. The van der Waals surface area contributed by atoms with Crippen molar-refractivity contribution in [2.24, 2.45) is 0 Å². The predicted molar refractivity (Wildman–Crippen MR) is 95.0 cm³/mol. The number of rotatable bonds is 5. The third kappa shape index (κ3) is 3.66. The first kappa shape index (κ1) is 17.1. The maximum atomic E-state index is 12.3. The molecule has 0 saturated heterocycles. The fourth-order valence-electron chi connectivity index (χ4n) is 2.23. The molecular weight excluding hydrogens is 336 g/mol. The molecule has 3 N–H and O–H groups in total. The Morgan fingerprint density at radius 1 is 1.04 bits per heavy atom. The van der Waals surface area contributed by atoms with Gasteiger partial charge in [0.15, 0.2) is 17.3 Å². The van der Waals surface area contributed by atoms with Crippen molar-refractivity contribution in [3.05, 3.63) is 48.4 Å². The molecule has 0 atom stereocenters. The Morgan fingerprint density at radius 3 is 2.58 bits per heavy atom. The minimum absolute atomic E-state index is 0.116. The van der Waals surface area contributed by atoms with Crippen molar-refractivity contribution in [1.82, 2.24) is 19.9 Å². The van der Waals surface area contributed by atoms with Gasteiger partial charge in [-0.3, -0.25) is 10.1 Å². The Hall–Kier alpha value is -3.75. The van der Waals surface area contributed by atoms with Crippen molar-refractivity contribution >= 4 is 17.7 Å². The van der Waals surface area contributed by atoms with Crippen molar-refractivity contribution in [3.63, 3.8) is 0 Å². The van der Waals surface area contributed by atoms with Crippen molar-refractivity contribution in [2.45, 2.75) is 0 Å². The number of ether oxygens (including phenoxy) is 2. The highest BCUT2D eigenvalue weighted by Gasteiger charge is 2.12. The van der Waals surface area contributed by atoms with E-state index in [-0.39, 0.29) is 11.8 Å². The Bertz CT molecular complexity index is 947. The van der Waals surface area contributed by atoms with E-state index in [2.05, 4.69) is 25.3 Å². The number of nitrogens with one attached hydrogen (secondary N) is 1. The van der Waals surface area contributed by atoms with Crippen molar-refractivity contribution in [3.8, 4) is 22.9 Å². The molecule has 132 valence electrons. The lowest BCUT2D eigenvalue weighted by molar-refractivity contribution is 0.102. The largest absolute Gasteiger partial charge is 0.493 e. The van der Waals surface area contributed by atoms with Gasteiger partial charge in [-0.1, -0.05) is 0 Å². The third-order valence-corrected chi connectivity index (χ3v) is 3.48. The number of benzene rings is 1. The van der Waals surface area contributed by atoms with Gasteiger partial charge >= 0.3 is 0 Å². The number of nitrogens with zero attached hydrogens (tertiary/aromatic N) is 4. The molecule has 0 bridgehead atoms. The first-order chi connectivity index (χ1) is 12.6. The zero-order chi connectivity index (χ0) is 18.5. The van der Waals surface area contributed by atoms with Crippen LogP contribution >= 0.6 is 0 Å². The number of anilines is 2. The second-order valence-corrected chi connectivity index (χ2v) is 5.13. The molecule has 2 heterocycles. The second-order valence-electron chi connectivity index (χ2n) is 5.13. The standard InChI is InChI=1S/C17H16N6O3/c1-25-12-4-3-10(7-13(12)26-2)15-20-9-21-17(22-15)23-16(24)11-5-6-19-14(18)8-11/h3-9H,1-2H3,(H2,18,19)(H,20,21,22,23,24). The summed E-state index contributed by atoms with van der Waals surface area (Å²) in [5, 5.41) is 2.61. The summed E-state index contributed by atoms with van der Waals surface area (Å²) in [6, 6.07) is 8.28. The first-order valence-electron chi connectivity index (χ1n) is 7.55. The lowest BCUT2D eigenvalue weighted by Gasteiger charge is -2.09. The van der Waals surface area contributed by atoms with Crippen LogP contribution in [0.5, 0.6) is 11.5 Å². The molecule has 0 aliphatic rings. The number of nitrogens with two attached hydrogens (primary N) is 1. The van der Waals surface area contributed by atoms with E-state index in [1.807, 2.05) is 0 Å². The Kier molecular flexibility index (Phi) is 4.88. The first-order valence-corrected chi connectivity index (χ1v) is 7.55. The van der Waals surface area contributed by atoms with Crippen LogP contribution in [0.3, 0.4) is 0 Å². The van der Waals surface area contributed by atoms with E-state index in [1.165, 1.54) is 18.6 Å². The molecule has 0 aliphatic heterocycles. The quantitative estimate of drug-likeness (QED) is 0.712. The number of carbonyl (C=O) groups is 1. The van der Waals surface area contributed by atoms with Crippen molar-refractivity contribution in [1.29, 1.82) is 0 Å². The van der Waals surface area contributed by atoms with Crippen molar-refractivity contribution < 1.29 is 14.3 Å². The predicted octanol–water partition coefficient (Wildman–Crippen LogP) is 1.79. The van der Waals surface area contributed by atoms with Gasteiger partial charge < -0.3 is 15.2 Å². The summed E-state index contributed by atoms with van der Waals surface area (Å²) in [5.74, 6) is 1.48. The fraction of sp³-hybridized carbons (Fsp3) is 0.118. The van der Waals surface area contributed by atoms with Gasteiger partial charge in [0.05, 0.1) is 14.2 Å². The van der Waals surface area contributed by atoms with E-state index in [9.17, 15) is 4.79 Å². The number of methoxy groups -OCH3 is 2. The summed E-state index contributed by atoms with van der Waals surface area (Å²) >= 11 is 0. The number of hydrogen-bond donors (Lipinski definition) is 2. The smallest absolute Gasteiger partial charge is 0.258 e. The molecule has 9 heteroatoms. The molecule has 1 aromatic carbocycles. The summed E-state index contributed by atoms with van der Waals surface area (Å²) in [5.41, 5.74) is 6.63. The number of pyridine rings is 1. The molecule has 0 spiro atoms. The van der Waals surface area contributed by atoms with Gasteiger partial charge in [-0.05, 0) is 30.3 Å². The molecule has 2 aromatic heterocycles. The Labute approximate surface area is 149 Å². The molecular formula is C17H16N6O3. The van der Waals surface area contributed by atoms with Crippen LogP contribution in [0.2, 0.25) is 0 Å². The van der Waals surface area contributed by atoms with Crippen LogP contribution in [0, 0.1) is 0 Å². The Balaban J connectivity index is 1.85. The highest BCUT2D eigenvalue weighted by molar-refractivity contribution is 6.03. The van der Waals surface area contributed by atoms with Crippen LogP contribution in [0.15, 0.2) is 42.9 Å². The second kappa shape index (κ2) is 7.43. The number of hydrogen-bond acceptors (Lipinski definition) is 8.